The van der Waals surface area contributed by atoms with Gasteiger partial charge in [-0.25, -0.2) is 9.18 Å². The molecule has 0 saturated heterocycles. The second-order valence-corrected chi connectivity index (χ2v) is 7.44. The van der Waals surface area contributed by atoms with E-state index in [0.29, 0.717) is 5.56 Å². The second-order valence-electron chi connectivity index (χ2n) is 6.53. The van der Waals surface area contributed by atoms with E-state index < -0.39 is 11.9 Å². The molecular weight excluding hydrogens is 405 g/mol. The molecule has 1 saturated carbocycles. The molecule has 0 atom stereocenters. The molecule has 1 fully saturated rings. The number of aliphatic hydroxyl groups excluding tert-OH is 1. The quantitative estimate of drug-likeness (QED) is 0.621. The molecule has 1 aliphatic carbocycles. The third-order valence-electron chi connectivity index (χ3n) is 4.38. The zero-order valence-corrected chi connectivity index (χ0v) is 16.2. The maximum absolute atomic E-state index is 13.9. The first-order chi connectivity index (χ1) is 12.5. The van der Waals surface area contributed by atoms with Crippen molar-refractivity contribution in [3.63, 3.8) is 0 Å². The molecule has 0 spiro atoms. The summed E-state index contributed by atoms with van der Waals surface area (Å²) in [6, 6.07) is 4.18. The first-order valence-corrected chi connectivity index (χ1v) is 9.64. The summed E-state index contributed by atoms with van der Waals surface area (Å²) in [7, 11) is 0. The number of hydrogen-bond acceptors (Lipinski definition) is 4. The lowest BCUT2D eigenvalue weighted by atomic mass is 9.96. The van der Waals surface area contributed by atoms with E-state index in [2.05, 4.69) is 26.6 Å². The summed E-state index contributed by atoms with van der Waals surface area (Å²) in [5, 5.41) is 14.3. The van der Waals surface area contributed by atoms with Crippen molar-refractivity contribution in [2.45, 2.75) is 44.7 Å². The molecule has 6 nitrogen and oxygen atoms in total. The fourth-order valence-electron chi connectivity index (χ4n) is 3.10. The number of hydrogen-bond donors (Lipinski definition) is 3. The Morgan fingerprint density at radius 2 is 2.00 bits per heavy atom. The minimum atomic E-state index is -0.500. The van der Waals surface area contributed by atoms with Gasteiger partial charge in [0.25, 0.3) is 0 Å². The number of halogens is 2. The average Bonchev–Trinajstić information content (AvgIpc) is 2.59. The molecule has 3 N–H and O–H groups in total. The molecule has 8 heteroatoms. The molecule has 0 unspecified atom stereocenters. The predicted molar refractivity (Wildman–Crippen MR) is 100 cm³/mol. The van der Waals surface area contributed by atoms with Crippen molar-refractivity contribution in [3.8, 4) is 0 Å². The van der Waals surface area contributed by atoms with Crippen LogP contribution in [0.25, 0.3) is 0 Å². The minimum Gasteiger partial charge on any atom is -0.395 e. The Labute approximate surface area is 161 Å². The van der Waals surface area contributed by atoms with Gasteiger partial charge in [-0.05, 0) is 31.0 Å². The number of carbonyl (C=O) groups is 2. The molecular formula is C18H25BrFN3O3. The van der Waals surface area contributed by atoms with Crippen LogP contribution < -0.4 is 10.6 Å². The van der Waals surface area contributed by atoms with E-state index in [9.17, 15) is 19.1 Å². The van der Waals surface area contributed by atoms with Gasteiger partial charge in [0.05, 0.1) is 13.2 Å². The van der Waals surface area contributed by atoms with Crippen LogP contribution in [0.5, 0.6) is 0 Å². The Kier molecular flexibility index (Phi) is 8.47. The van der Waals surface area contributed by atoms with E-state index in [4.69, 9.17) is 0 Å². The number of carbonyl (C=O) groups excluding carboxylic acids is 2. The number of benzene rings is 1. The summed E-state index contributed by atoms with van der Waals surface area (Å²) in [5.74, 6) is -0.867. The molecule has 0 aliphatic heterocycles. The van der Waals surface area contributed by atoms with Crippen LogP contribution >= 0.6 is 15.9 Å². The van der Waals surface area contributed by atoms with Gasteiger partial charge in [0.1, 0.15) is 5.82 Å². The number of urea groups is 1. The summed E-state index contributed by atoms with van der Waals surface area (Å²) < 4.78 is 14.6. The third kappa shape index (κ3) is 7.01. The number of imide groups is 1. The van der Waals surface area contributed by atoms with Gasteiger partial charge >= 0.3 is 6.03 Å². The van der Waals surface area contributed by atoms with E-state index in [1.54, 1.807) is 17.0 Å². The topological polar surface area (TPSA) is 81.7 Å². The van der Waals surface area contributed by atoms with Gasteiger partial charge in [-0.2, -0.15) is 0 Å². The van der Waals surface area contributed by atoms with Crippen molar-refractivity contribution < 1.29 is 19.1 Å². The zero-order valence-electron chi connectivity index (χ0n) is 14.6. The highest BCUT2D eigenvalue weighted by Gasteiger charge is 2.19. The van der Waals surface area contributed by atoms with E-state index in [1.807, 2.05) is 0 Å². The summed E-state index contributed by atoms with van der Waals surface area (Å²) in [6.07, 6.45) is 5.21. The third-order valence-corrected chi connectivity index (χ3v) is 4.87. The Morgan fingerprint density at radius 1 is 1.27 bits per heavy atom. The van der Waals surface area contributed by atoms with Crippen LogP contribution in [0.2, 0.25) is 0 Å². The van der Waals surface area contributed by atoms with Crippen LogP contribution in [-0.4, -0.2) is 47.7 Å². The van der Waals surface area contributed by atoms with Crippen LogP contribution in [0.15, 0.2) is 22.7 Å². The van der Waals surface area contributed by atoms with Crippen molar-refractivity contribution in [1.29, 1.82) is 0 Å². The summed E-state index contributed by atoms with van der Waals surface area (Å²) in [6.45, 7) is 0.0783. The van der Waals surface area contributed by atoms with Gasteiger partial charge < -0.3 is 10.4 Å². The molecule has 1 aromatic rings. The van der Waals surface area contributed by atoms with Crippen molar-refractivity contribution in [2.24, 2.45) is 0 Å². The van der Waals surface area contributed by atoms with E-state index in [-0.39, 0.29) is 38.1 Å². The van der Waals surface area contributed by atoms with Crippen LogP contribution in [0.1, 0.15) is 37.7 Å². The molecule has 0 bridgehead atoms. The maximum Gasteiger partial charge on any atom is 0.321 e. The lowest BCUT2D eigenvalue weighted by Gasteiger charge is -2.24. The molecule has 2 rings (SSSR count). The molecule has 0 heterocycles. The second kappa shape index (κ2) is 10.6. The van der Waals surface area contributed by atoms with Gasteiger partial charge in [-0.1, -0.05) is 35.2 Å². The van der Waals surface area contributed by atoms with Crippen LogP contribution in [0.4, 0.5) is 9.18 Å². The van der Waals surface area contributed by atoms with Gasteiger partial charge in [-0.15, -0.1) is 0 Å². The lowest BCUT2D eigenvalue weighted by molar-refractivity contribution is -0.121. The number of nitrogens with one attached hydrogen (secondary N) is 2. The Morgan fingerprint density at radius 3 is 2.69 bits per heavy atom. The molecule has 144 valence electrons. The van der Waals surface area contributed by atoms with Crippen molar-refractivity contribution in [3.05, 3.63) is 34.1 Å². The van der Waals surface area contributed by atoms with Gasteiger partial charge in [0.15, 0.2) is 0 Å². The predicted octanol–water partition coefficient (Wildman–Crippen LogP) is 2.54. The molecule has 1 aromatic carbocycles. The highest BCUT2D eigenvalue weighted by Crippen LogP contribution is 2.18. The standard InChI is InChI=1S/C18H25BrFN3O3/c19-14-6-7-16(20)13(10-14)11-23(8-9-24)12-17(25)22-18(26)21-15-4-2-1-3-5-15/h6-7,10,15,24H,1-5,8-9,11-12H2,(H2,21,22,25,26). The van der Waals surface area contributed by atoms with Gasteiger partial charge in [-0.3, -0.25) is 15.0 Å². The van der Waals surface area contributed by atoms with Crippen molar-refractivity contribution in [2.75, 3.05) is 19.7 Å². The highest BCUT2D eigenvalue weighted by molar-refractivity contribution is 9.10. The fourth-order valence-corrected chi connectivity index (χ4v) is 3.51. The van der Waals surface area contributed by atoms with Gasteiger partial charge in [0.2, 0.25) is 5.91 Å². The number of rotatable bonds is 7. The van der Waals surface area contributed by atoms with E-state index in [1.165, 1.54) is 12.5 Å². The summed E-state index contributed by atoms with van der Waals surface area (Å²) in [5.41, 5.74) is 0.410. The first-order valence-electron chi connectivity index (χ1n) is 8.85. The summed E-state index contributed by atoms with van der Waals surface area (Å²) in [4.78, 5) is 25.7. The Balaban J connectivity index is 1.86. The lowest BCUT2D eigenvalue weighted by Crippen LogP contribution is -2.48. The molecule has 26 heavy (non-hydrogen) atoms. The monoisotopic (exact) mass is 429 g/mol. The molecule has 0 radical (unpaired) electrons. The molecule has 3 amide bonds. The SMILES string of the molecule is O=C(CN(CCO)Cc1cc(Br)ccc1F)NC(=O)NC1CCCCC1. The summed E-state index contributed by atoms with van der Waals surface area (Å²) >= 11 is 3.29. The zero-order chi connectivity index (χ0) is 18.9. The van der Waals surface area contributed by atoms with Crippen LogP contribution in [-0.2, 0) is 11.3 Å². The van der Waals surface area contributed by atoms with Crippen LogP contribution in [0.3, 0.4) is 0 Å². The van der Waals surface area contributed by atoms with Crippen LogP contribution in [0, 0.1) is 5.82 Å². The fraction of sp³-hybridized carbons (Fsp3) is 0.556. The van der Waals surface area contributed by atoms with E-state index >= 15 is 0 Å². The first kappa shape index (κ1) is 20.8. The maximum atomic E-state index is 13.9. The normalized spacial score (nSPS) is 15.1. The van der Waals surface area contributed by atoms with E-state index in [0.717, 1.165) is 30.2 Å². The van der Waals surface area contributed by atoms with Crippen molar-refractivity contribution >= 4 is 27.9 Å². The number of nitrogens with zero attached hydrogens (tertiary/aromatic N) is 1. The minimum absolute atomic E-state index is 0.107. The van der Waals surface area contributed by atoms with Gasteiger partial charge in [0, 0.05) is 29.2 Å². The molecule has 0 aromatic heterocycles. The highest BCUT2D eigenvalue weighted by atomic mass is 79.9. The number of aliphatic hydroxyl groups is 1. The largest absolute Gasteiger partial charge is 0.395 e. The smallest absolute Gasteiger partial charge is 0.321 e. The molecule has 1 aliphatic rings. The average molecular weight is 430 g/mol. The Hall–Kier alpha value is -1.51. The number of amides is 3. The Bertz CT molecular complexity index is 624. The van der Waals surface area contributed by atoms with Crippen molar-refractivity contribution in [1.82, 2.24) is 15.5 Å².